The molecular formula is C23H23F3N4O2. The molecule has 168 valence electrons. The van der Waals surface area contributed by atoms with Gasteiger partial charge in [-0.15, -0.1) is 0 Å². The van der Waals surface area contributed by atoms with Crippen LogP contribution in [-0.4, -0.2) is 34.0 Å². The van der Waals surface area contributed by atoms with Crippen molar-refractivity contribution in [3.8, 4) is 11.5 Å². The molecule has 1 unspecified atom stereocenters. The van der Waals surface area contributed by atoms with Gasteiger partial charge in [0.2, 0.25) is 5.91 Å². The molecule has 9 heteroatoms. The molecule has 0 radical (unpaired) electrons. The Morgan fingerprint density at radius 2 is 1.94 bits per heavy atom. The van der Waals surface area contributed by atoms with E-state index in [0.29, 0.717) is 31.2 Å². The zero-order chi connectivity index (χ0) is 22.7. The van der Waals surface area contributed by atoms with Crippen LogP contribution in [0.15, 0.2) is 53.1 Å². The van der Waals surface area contributed by atoms with E-state index in [4.69, 9.17) is 4.52 Å². The Balaban J connectivity index is 1.39. The number of amides is 1. The Labute approximate surface area is 183 Å². The highest BCUT2D eigenvalue weighted by Crippen LogP contribution is 2.35. The van der Waals surface area contributed by atoms with Gasteiger partial charge in [0.25, 0.3) is 5.89 Å². The molecular weight excluding hydrogens is 421 g/mol. The maximum Gasteiger partial charge on any atom is 0.418 e. The number of piperidine rings is 1. The summed E-state index contributed by atoms with van der Waals surface area (Å²) in [6.45, 7) is 3.55. The lowest BCUT2D eigenvalue weighted by Gasteiger charge is -2.31. The third kappa shape index (κ3) is 5.16. The number of carbonyl (C=O) groups is 1. The molecule has 1 aromatic heterocycles. The standard InChI is InChI=1S/C23H23F3N4O2/c1-15-8-10-16(11-9-15)22-28-20(29-32-22)14-30-12-4-5-17(13-30)21(31)27-19-7-3-2-6-18(19)23(24,25)26/h2-3,6-11,17H,4-5,12-14H2,1H3,(H,27,31). The Hall–Kier alpha value is -3.20. The Morgan fingerprint density at radius 3 is 2.69 bits per heavy atom. The van der Waals surface area contributed by atoms with Crippen molar-refractivity contribution in [2.45, 2.75) is 32.5 Å². The number of aryl methyl sites for hydroxylation is 1. The molecule has 1 fully saturated rings. The molecule has 1 atom stereocenters. The highest BCUT2D eigenvalue weighted by molar-refractivity contribution is 5.93. The summed E-state index contributed by atoms with van der Waals surface area (Å²) in [6, 6.07) is 12.8. The third-order valence-corrected chi connectivity index (χ3v) is 5.50. The first-order valence-corrected chi connectivity index (χ1v) is 10.4. The second kappa shape index (κ2) is 9.12. The number of carbonyl (C=O) groups excluding carboxylic acids is 1. The number of aromatic nitrogens is 2. The highest BCUT2D eigenvalue weighted by atomic mass is 19.4. The first kappa shape index (κ1) is 22.0. The summed E-state index contributed by atoms with van der Waals surface area (Å²) < 4.78 is 45.0. The fourth-order valence-electron chi connectivity index (χ4n) is 3.82. The zero-order valence-corrected chi connectivity index (χ0v) is 17.5. The Kier molecular flexibility index (Phi) is 6.27. The van der Waals surface area contributed by atoms with Gasteiger partial charge in [0.1, 0.15) is 0 Å². The molecule has 2 heterocycles. The first-order valence-electron chi connectivity index (χ1n) is 10.4. The predicted octanol–water partition coefficient (Wildman–Crippen LogP) is 4.91. The second-order valence-electron chi connectivity index (χ2n) is 7.99. The summed E-state index contributed by atoms with van der Waals surface area (Å²) in [5.41, 5.74) is 0.886. The fourth-order valence-corrected chi connectivity index (χ4v) is 3.82. The van der Waals surface area contributed by atoms with E-state index in [9.17, 15) is 18.0 Å². The lowest BCUT2D eigenvalue weighted by atomic mass is 9.96. The summed E-state index contributed by atoms with van der Waals surface area (Å²) in [5.74, 6) is 0.0903. The van der Waals surface area contributed by atoms with Crippen LogP contribution in [0, 0.1) is 12.8 Å². The fraction of sp³-hybridized carbons (Fsp3) is 0.348. The van der Waals surface area contributed by atoms with Crippen molar-refractivity contribution in [3.05, 3.63) is 65.5 Å². The van der Waals surface area contributed by atoms with Crippen LogP contribution < -0.4 is 5.32 Å². The van der Waals surface area contributed by atoms with Crippen molar-refractivity contribution >= 4 is 11.6 Å². The number of halogens is 3. The molecule has 1 saturated heterocycles. The normalized spacial score (nSPS) is 17.3. The molecule has 1 aliphatic rings. The number of anilines is 1. The van der Waals surface area contributed by atoms with Crippen LogP contribution in [0.4, 0.5) is 18.9 Å². The summed E-state index contributed by atoms with van der Waals surface area (Å²) in [4.78, 5) is 19.2. The quantitative estimate of drug-likeness (QED) is 0.605. The molecule has 4 rings (SSSR count). The number of likely N-dealkylation sites (tertiary alicyclic amines) is 1. The van der Waals surface area contributed by atoms with Crippen LogP contribution in [0.1, 0.15) is 29.8 Å². The van der Waals surface area contributed by atoms with E-state index < -0.39 is 23.6 Å². The first-order chi connectivity index (χ1) is 15.3. The average molecular weight is 444 g/mol. The van der Waals surface area contributed by atoms with Crippen molar-refractivity contribution in [2.75, 3.05) is 18.4 Å². The summed E-state index contributed by atoms with van der Waals surface area (Å²) in [5, 5.41) is 6.50. The van der Waals surface area contributed by atoms with Gasteiger partial charge in [-0.25, -0.2) is 0 Å². The van der Waals surface area contributed by atoms with E-state index >= 15 is 0 Å². The number of alkyl halides is 3. The Bertz CT molecular complexity index is 1080. The van der Waals surface area contributed by atoms with Gasteiger partial charge in [0.15, 0.2) is 5.82 Å². The number of nitrogens with one attached hydrogen (secondary N) is 1. The number of rotatable bonds is 5. The van der Waals surface area contributed by atoms with Gasteiger partial charge >= 0.3 is 6.18 Å². The largest absolute Gasteiger partial charge is 0.418 e. The minimum Gasteiger partial charge on any atom is -0.334 e. The van der Waals surface area contributed by atoms with E-state index in [0.717, 1.165) is 30.2 Å². The minimum absolute atomic E-state index is 0.219. The van der Waals surface area contributed by atoms with Crippen LogP contribution in [0.2, 0.25) is 0 Å². The molecule has 1 amide bonds. The molecule has 1 N–H and O–H groups in total. The van der Waals surface area contributed by atoms with Gasteiger partial charge in [-0.3, -0.25) is 9.69 Å². The molecule has 6 nitrogen and oxygen atoms in total. The average Bonchev–Trinajstić information content (AvgIpc) is 3.22. The number of benzene rings is 2. The predicted molar refractivity (Wildman–Crippen MR) is 113 cm³/mol. The molecule has 0 bridgehead atoms. The summed E-state index contributed by atoms with van der Waals surface area (Å²) in [7, 11) is 0. The van der Waals surface area contributed by atoms with E-state index in [1.807, 2.05) is 36.1 Å². The van der Waals surface area contributed by atoms with Crippen molar-refractivity contribution in [2.24, 2.45) is 5.92 Å². The zero-order valence-electron chi connectivity index (χ0n) is 17.5. The lowest BCUT2D eigenvalue weighted by molar-refractivity contribution is -0.137. The molecule has 32 heavy (non-hydrogen) atoms. The molecule has 2 aromatic carbocycles. The van der Waals surface area contributed by atoms with Crippen LogP contribution in [0.25, 0.3) is 11.5 Å². The molecule has 3 aromatic rings. The van der Waals surface area contributed by atoms with E-state index in [1.165, 1.54) is 18.2 Å². The number of nitrogens with zero attached hydrogens (tertiary/aromatic N) is 3. The van der Waals surface area contributed by atoms with Gasteiger partial charge in [-0.2, -0.15) is 18.2 Å². The Morgan fingerprint density at radius 1 is 1.19 bits per heavy atom. The molecule has 1 aliphatic heterocycles. The summed E-state index contributed by atoms with van der Waals surface area (Å²) in [6.07, 6.45) is -3.17. The van der Waals surface area contributed by atoms with Crippen molar-refractivity contribution in [3.63, 3.8) is 0 Å². The molecule has 0 aliphatic carbocycles. The SMILES string of the molecule is Cc1ccc(-c2nc(CN3CCCC(C(=O)Nc4ccccc4C(F)(F)F)C3)no2)cc1. The number of hydrogen-bond donors (Lipinski definition) is 1. The van der Waals surface area contributed by atoms with E-state index in [-0.39, 0.29) is 5.69 Å². The molecule has 0 spiro atoms. The van der Waals surface area contributed by atoms with Gasteiger partial charge in [0, 0.05) is 12.1 Å². The maximum absolute atomic E-state index is 13.2. The lowest BCUT2D eigenvalue weighted by Crippen LogP contribution is -2.40. The number of hydrogen-bond acceptors (Lipinski definition) is 5. The van der Waals surface area contributed by atoms with Crippen LogP contribution >= 0.6 is 0 Å². The number of para-hydroxylation sites is 1. The van der Waals surface area contributed by atoms with E-state index in [1.54, 1.807) is 0 Å². The second-order valence-corrected chi connectivity index (χ2v) is 7.99. The topological polar surface area (TPSA) is 71.3 Å². The molecule has 0 saturated carbocycles. The van der Waals surface area contributed by atoms with Crippen LogP contribution in [0.5, 0.6) is 0 Å². The van der Waals surface area contributed by atoms with Crippen molar-refractivity contribution < 1.29 is 22.5 Å². The van der Waals surface area contributed by atoms with Gasteiger partial charge < -0.3 is 9.84 Å². The highest BCUT2D eigenvalue weighted by Gasteiger charge is 2.34. The van der Waals surface area contributed by atoms with Crippen LogP contribution in [-0.2, 0) is 17.5 Å². The van der Waals surface area contributed by atoms with Crippen LogP contribution in [0.3, 0.4) is 0 Å². The van der Waals surface area contributed by atoms with Crippen molar-refractivity contribution in [1.29, 1.82) is 0 Å². The third-order valence-electron chi connectivity index (χ3n) is 5.50. The smallest absolute Gasteiger partial charge is 0.334 e. The maximum atomic E-state index is 13.2. The van der Waals surface area contributed by atoms with E-state index in [2.05, 4.69) is 15.5 Å². The monoisotopic (exact) mass is 444 g/mol. The van der Waals surface area contributed by atoms with Gasteiger partial charge in [-0.05, 0) is 50.6 Å². The summed E-state index contributed by atoms with van der Waals surface area (Å²) >= 11 is 0. The minimum atomic E-state index is -4.53. The van der Waals surface area contributed by atoms with Gasteiger partial charge in [-0.1, -0.05) is 35.0 Å². The van der Waals surface area contributed by atoms with Crippen molar-refractivity contribution in [1.82, 2.24) is 15.0 Å². The van der Waals surface area contributed by atoms with Gasteiger partial charge in [0.05, 0.1) is 23.7 Å².